The molecule has 0 saturated heterocycles. The highest BCUT2D eigenvalue weighted by atomic mass is 32.2. The van der Waals surface area contributed by atoms with Crippen molar-refractivity contribution in [1.82, 2.24) is 0 Å². The van der Waals surface area contributed by atoms with E-state index in [0.29, 0.717) is 12.8 Å². The van der Waals surface area contributed by atoms with Crippen LogP contribution in [0.15, 0.2) is 36.4 Å². The summed E-state index contributed by atoms with van der Waals surface area (Å²) in [5.41, 5.74) is 1.06. The van der Waals surface area contributed by atoms with Crippen molar-refractivity contribution in [1.29, 1.82) is 0 Å². The monoisotopic (exact) mass is 328 g/mol. The zero-order valence-electron chi connectivity index (χ0n) is 13.4. The fourth-order valence-corrected chi connectivity index (χ4v) is 2.71. The summed E-state index contributed by atoms with van der Waals surface area (Å²) in [5.74, 6) is -0.374. The first kappa shape index (κ1) is 18.8. The maximum atomic E-state index is 13.1. The van der Waals surface area contributed by atoms with E-state index in [2.05, 4.69) is 32.9 Å². The maximum Gasteiger partial charge on any atom is 0.264 e. The third-order valence-electron chi connectivity index (χ3n) is 3.29. The number of hydrogen-bond acceptors (Lipinski definition) is 2. The molecule has 0 radical (unpaired) electrons. The van der Waals surface area contributed by atoms with E-state index in [1.54, 1.807) is 12.1 Å². The van der Waals surface area contributed by atoms with Crippen LogP contribution in [0.25, 0.3) is 0 Å². The van der Waals surface area contributed by atoms with Gasteiger partial charge in [0.25, 0.3) is 10.1 Å². The Labute approximate surface area is 133 Å². The Morgan fingerprint density at radius 3 is 2.27 bits per heavy atom. The number of allylic oxidation sites excluding steroid dienone is 2. The minimum Gasteiger partial charge on any atom is -0.286 e. The fraction of sp³-hybridized carbons (Fsp3) is 0.529. The smallest absolute Gasteiger partial charge is 0.264 e. The van der Waals surface area contributed by atoms with Gasteiger partial charge in [-0.15, -0.1) is 0 Å². The molecule has 0 saturated carbocycles. The molecule has 0 unspecified atom stereocenters. The molecule has 0 fully saturated rings. The van der Waals surface area contributed by atoms with E-state index in [-0.39, 0.29) is 22.9 Å². The molecule has 1 rings (SSSR count). The Kier molecular flexibility index (Phi) is 6.75. The molecule has 0 aliphatic carbocycles. The van der Waals surface area contributed by atoms with Crippen molar-refractivity contribution in [3.8, 4) is 0 Å². The van der Waals surface area contributed by atoms with Crippen molar-refractivity contribution in [2.24, 2.45) is 5.41 Å². The third-order valence-corrected chi connectivity index (χ3v) is 4.10. The number of unbranched alkanes of at least 4 members (excludes halogenated alkanes) is 1. The molecule has 0 aliphatic heterocycles. The van der Waals surface area contributed by atoms with E-state index >= 15 is 0 Å². The summed E-state index contributed by atoms with van der Waals surface area (Å²) in [4.78, 5) is 0. The summed E-state index contributed by atoms with van der Waals surface area (Å²) >= 11 is 0. The van der Waals surface area contributed by atoms with Crippen molar-refractivity contribution >= 4 is 10.1 Å². The molecular weight excluding hydrogens is 303 g/mol. The van der Waals surface area contributed by atoms with Gasteiger partial charge in [-0.3, -0.25) is 4.55 Å². The second kappa shape index (κ2) is 7.88. The van der Waals surface area contributed by atoms with Gasteiger partial charge in [0.1, 0.15) is 5.82 Å². The lowest BCUT2D eigenvalue weighted by Crippen LogP contribution is -2.05. The summed E-state index contributed by atoms with van der Waals surface area (Å²) < 4.78 is 43.3. The van der Waals surface area contributed by atoms with Gasteiger partial charge in [-0.05, 0) is 36.0 Å². The summed E-state index contributed by atoms with van der Waals surface area (Å²) in [5, 5.41) is 0. The van der Waals surface area contributed by atoms with Crippen LogP contribution < -0.4 is 0 Å². The van der Waals surface area contributed by atoms with Crippen LogP contribution in [0.5, 0.6) is 0 Å². The maximum absolute atomic E-state index is 13.1. The van der Waals surface area contributed by atoms with Crippen LogP contribution in [0.2, 0.25) is 0 Å². The van der Waals surface area contributed by atoms with Gasteiger partial charge < -0.3 is 0 Å². The van der Waals surface area contributed by atoms with Crippen LogP contribution in [0.1, 0.15) is 51.5 Å². The minimum atomic E-state index is -3.90. The van der Waals surface area contributed by atoms with Crippen molar-refractivity contribution < 1.29 is 17.4 Å². The Balaban J connectivity index is 2.74. The Hall–Kier alpha value is -1.20. The zero-order valence-corrected chi connectivity index (χ0v) is 14.2. The molecule has 0 bridgehead atoms. The lowest BCUT2D eigenvalue weighted by Gasteiger charge is -2.17. The van der Waals surface area contributed by atoms with E-state index in [0.717, 1.165) is 12.0 Å². The van der Waals surface area contributed by atoms with Crippen molar-refractivity contribution in [2.75, 3.05) is 5.75 Å². The highest BCUT2D eigenvalue weighted by Crippen LogP contribution is 2.26. The van der Waals surface area contributed by atoms with Crippen molar-refractivity contribution in [3.63, 3.8) is 0 Å². The second-order valence-corrected chi connectivity index (χ2v) is 8.24. The topological polar surface area (TPSA) is 54.4 Å². The standard InChI is InChI=1S/C17H25FO3S/c1-17(2,3)12-11-14(6-4-5-13-22(19,20)21)15-7-9-16(18)10-8-15/h7-12,14H,4-6,13H2,1-3H3,(H,19,20,21)/b12-11+/t14-/m0/s1. The van der Waals surface area contributed by atoms with Crippen LogP contribution in [0.3, 0.4) is 0 Å². The first-order chi connectivity index (χ1) is 10.1. The van der Waals surface area contributed by atoms with Crippen LogP contribution in [-0.2, 0) is 10.1 Å². The lowest BCUT2D eigenvalue weighted by atomic mass is 9.89. The molecule has 0 aromatic heterocycles. The van der Waals surface area contributed by atoms with Gasteiger partial charge in [0.05, 0.1) is 5.75 Å². The van der Waals surface area contributed by atoms with Gasteiger partial charge in [-0.25, -0.2) is 4.39 Å². The van der Waals surface area contributed by atoms with Crippen molar-refractivity contribution in [3.05, 3.63) is 47.8 Å². The molecule has 124 valence electrons. The molecule has 1 atom stereocenters. The Morgan fingerprint density at radius 1 is 1.18 bits per heavy atom. The lowest BCUT2D eigenvalue weighted by molar-refractivity contribution is 0.479. The van der Waals surface area contributed by atoms with Crippen LogP contribution in [-0.4, -0.2) is 18.7 Å². The first-order valence-electron chi connectivity index (χ1n) is 7.47. The molecule has 22 heavy (non-hydrogen) atoms. The van der Waals surface area contributed by atoms with Gasteiger partial charge in [0.2, 0.25) is 0 Å². The molecule has 3 nitrogen and oxygen atoms in total. The molecule has 1 aromatic carbocycles. The van der Waals surface area contributed by atoms with E-state index in [1.165, 1.54) is 12.1 Å². The Bertz CT molecular complexity index is 583. The average Bonchev–Trinajstić information content (AvgIpc) is 2.37. The highest BCUT2D eigenvalue weighted by molar-refractivity contribution is 7.85. The van der Waals surface area contributed by atoms with E-state index in [9.17, 15) is 12.8 Å². The highest BCUT2D eigenvalue weighted by Gasteiger charge is 2.12. The van der Waals surface area contributed by atoms with E-state index < -0.39 is 10.1 Å². The minimum absolute atomic E-state index is 0.0483. The number of halogens is 1. The van der Waals surface area contributed by atoms with Gasteiger partial charge in [0, 0.05) is 5.92 Å². The molecule has 0 heterocycles. The average molecular weight is 328 g/mol. The van der Waals surface area contributed by atoms with E-state index in [4.69, 9.17) is 4.55 Å². The fourth-order valence-electron chi connectivity index (χ4n) is 2.14. The third kappa shape index (κ3) is 8.29. The summed E-state index contributed by atoms with van der Waals surface area (Å²) in [6.07, 6.45) is 6.06. The number of hydrogen-bond donors (Lipinski definition) is 1. The molecule has 1 aromatic rings. The van der Waals surface area contributed by atoms with Gasteiger partial charge in [-0.1, -0.05) is 51.5 Å². The summed E-state index contributed by atoms with van der Waals surface area (Å²) in [6, 6.07) is 6.39. The number of benzene rings is 1. The normalized spacial score (nSPS) is 14.4. The van der Waals surface area contributed by atoms with Gasteiger partial charge in [-0.2, -0.15) is 8.42 Å². The molecule has 5 heteroatoms. The zero-order chi connectivity index (χ0) is 16.8. The molecule has 1 N–H and O–H groups in total. The second-order valence-electron chi connectivity index (χ2n) is 6.67. The van der Waals surface area contributed by atoms with Crippen LogP contribution in [0, 0.1) is 11.2 Å². The van der Waals surface area contributed by atoms with Crippen molar-refractivity contribution in [2.45, 2.75) is 46.0 Å². The largest absolute Gasteiger partial charge is 0.286 e. The summed E-state index contributed by atoms with van der Waals surface area (Å²) in [7, 11) is -3.90. The van der Waals surface area contributed by atoms with Crippen LogP contribution >= 0.6 is 0 Å². The predicted octanol–water partition coefficient (Wildman–Crippen LogP) is 4.57. The molecule has 0 amide bonds. The quantitative estimate of drug-likeness (QED) is 0.453. The SMILES string of the molecule is CC(C)(C)/C=C/[C@H](CCCCS(=O)(=O)O)c1ccc(F)cc1. The summed E-state index contributed by atoms with van der Waals surface area (Å²) in [6.45, 7) is 6.30. The van der Waals surface area contributed by atoms with Crippen LogP contribution in [0.4, 0.5) is 4.39 Å². The predicted molar refractivity (Wildman–Crippen MR) is 88.0 cm³/mol. The van der Waals surface area contributed by atoms with E-state index in [1.807, 2.05) is 0 Å². The molecular formula is C17H25FO3S. The van der Waals surface area contributed by atoms with Gasteiger partial charge in [0.15, 0.2) is 0 Å². The Morgan fingerprint density at radius 2 is 1.77 bits per heavy atom. The van der Waals surface area contributed by atoms with Gasteiger partial charge >= 0.3 is 0 Å². The molecule has 0 spiro atoms. The number of rotatable bonds is 7. The molecule has 0 aliphatic rings. The first-order valence-corrected chi connectivity index (χ1v) is 9.08.